The largest absolute Gasteiger partial charge is 0.378 e. The average molecular weight is 287 g/mol. The van der Waals surface area contributed by atoms with Crippen molar-refractivity contribution in [3.63, 3.8) is 0 Å². The zero-order valence-corrected chi connectivity index (χ0v) is 11.8. The number of ether oxygens (including phenoxy) is 1. The molecule has 3 rings (SSSR count). The number of nitrogens with zero attached hydrogens (tertiary/aromatic N) is 3. The van der Waals surface area contributed by atoms with Crippen LogP contribution >= 0.6 is 0 Å². The fourth-order valence-electron chi connectivity index (χ4n) is 2.28. The summed E-state index contributed by atoms with van der Waals surface area (Å²) in [5.41, 5.74) is 1.74. The molecule has 0 radical (unpaired) electrons. The van der Waals surface area contributed by atoms with Gasteiger partial charge in [0.2, 0.25) is 5.82 Å². The number of aromatic nitrogens is 3. The molecule has 2 N–H and O–H groups in total. The Hall–Kier alpha value is -2.41. The summed E-state index contributed by atoms with van der Waals surface area (Å²) in [4.78, 5) is 18.4. The lowest BCUT2D eigenvalue weighted by Crippen LogP contribution is -2.36. The van der Waals surface area contributed by atoms with E-state index in [4.69, 9.17) is 4.74 Å². The molecule has 0 unspecified atom stereocenters. The van der Waals surface area contributed by atoms with Crippen molar-refractivity contribution in [2.24, 2.45) is 0 Å². The van der Waals surface area contributed by atoms with E-state index in [1.807, 2.05) is 24.3 Å². The van der Waals surface area contributed by atoms with Gasteiger partial charge in [-0.2, -0.15) is 0 Å². The fourth-order valence-corrected chi connectivity index (χ4v) is 2.28. The van der Waals surface area contributed by atoms with Crippen LogP contribution in [-0.4, -0.2) is 47.4 Å². The smallest absolute Gasteiger partial charge is 0.295 e. The van der Waals surface area contributed by atoms with Crippen molar-refractivity contribution in [3.05, 3.63) is 35.9 Å². The van der Waals surface area contributed by atoms with E-state index in [1.165, 1.54) is 0 Å². The van der Waals surface area contributed by atoms with Gasteiger partial charge in [0.05, 0.1) is 24.6 Å². The van der Waals surface area contributed by atoms with Crippen LogP contribution < -0.4 is 10.2 Å². The van der Waals surface area contributed by atoms with E-state index in [0.29, 0.717) is 19.0 Å². The molecule has 21 heavy (non-hydrogen) atoms. The highest BCUT2D eigenvalue weighted by Crippen LogP contribution is 2.26. The van der Waals surface area contributed by atoms with Crippen molar-refractivity contribution in [3.8, 4) is 0 Å². The van der Waals surface area contributed by atoms with Crippen molar-refractivity contribution in [2.75, 3.05) is 36.5 Å². The number of aromatic amines is 1. The number of hydrogen-bond acceptors (Lipinski definition) is 5. The van der Waals surface area contributed by atoms with Crippen LogP contribution in [0.25, 0.3) is 0 Å². The number of H-pyrrole nitrogens is 1. The predicted molar refractivity (Wildman–Crippen MR) is 78.5 cm³/mol. The monoisotopic (exact) mass is 287 g/mol. The summed E-state index contributed by atoms with van der Waals surface area (Å²) in [7, 11) is 0. The molecule has 7 heteroatoms. The van der Waals surface area contributed by atoms with Gasteiger partial charge in [-0.1, -0.05) is 12.1 Å². The molecule has 1 aromatic carbocycles. The van der Waals surface area contributed by atoms with E-state index < -0.39 is 0 Å². The van der Waals surface area contributed by atoms with Crippen LogP contribution in [-0.2, 0) is 4.74 Å². The molecule has 0 saturated carbocycles. The number of amides is 1. The van der Waals surface area contributed by atoms with E-state index in [9.17, 15) is 4.79 Å². The molecule has 0 aliphatic carbocycles. The summed E-state index contributed by atoms with van der Waals surface area (Å²) in [6.07, 6.45) is 0. The van der Waals surface area contributed by atoms with Crippen molar-refractivity contribution in [1.29, 1.82) is 0 Å². The zero-order chi connectivity index (χ0) is 14.7. The van der Waals surface area contributed by atoms with E-state index in [-0.39, 0.29) is 11.7 Å². The van der Waals surface area contributed by atoms with Gasteiger partial charge in [0.25, 0.3) is 5.91 Å². The number of nitrogens with one attached hydrogen (secondary N) is 2. The topological polar surface area (TPSA) is 83.1 Å². The second-order valence-corrected chi connectivity index (χ2v) is 4.82. The Balaban J connectivity index is 1.80. The molecule has 1 aliphatic heterocycles. The standard InChI is InChI=1S/C14H17N5O2/c1-10-15-13(18-17-10)14(20)16-11-4-2-3-5-12(11)19-6-8-21-9-7-19/h2-5H,6-9H2,1H3,(H,16,20)(H,15,17,18). The number of carbonyl (C=O) groups excluding carboxylic acids is 1. The lowest BCUT2D eigenvalue weighted by Gasteiger charge is -2.30. The van der Waals surface area contributed by atoms with Crippen molar-refractivity contribution < 1.29 is 9.53 Å². The van der Waals surface area contributed by atoms with Crippen LogP contribution in [0.15, 0.2) is 24.3 Å². The summed E-state index contributed by atoms with van der Waals surface area (Å²) in [5, 5.41) is 9.41. The van der Waals surface area contributed by atoms with Gasteiger partial charge >= 0.3 is 0 Å². The average Bonchev–Trinajstić information content (AvgIpc) is 2.95. The Morgan fingerprint density at radius 1 is 1.33 bits per heavy atom. The first-order valence-corrected chi connectivity index (χ1v) is 6.86. The Bertz CT molecular complexity index is 634. The SMILES string of the molecule is Cc1nc(C(=O)Nc2ccccc2N2CCOCC2)n[nH]1. The zero-order valence-electron chi connectivity index (χ0n) is 11.8. The molecule has 0 bridgehead atoms. The summed E-state index contributed by atoms with van der Waals surface area (Å²) in [6, 6.07) is 7.71. The van der Waals surface area contributed by atoms with Crippen LogP contribution in [0.5, 0.6) is 0 Å². The molecule has 7 nitrogen and oxygen atoms in total. The summed E-state index contributed by atoms with van der Waals surface area (Å²) in [6.45, 7) is 4.77. The summed E-state index contributed by atoms with van der Waals surface area (Å²) >= 11 is 0. The molecule has 1 amide bonds. The van der Waals surface area contributed by atoms with Crippen LogP contribution in [0, 0.1) is 6.92 Å². The first-order chi connectivity index (χ1) is 10.2. The van der Waals surface area contributed by atoms with Crippen LogP contribution in [0.3, 0.4) is 0 Å². The number of morpholine rings is 1. The van der Waals surface area contributed by atoms with Gasteiger partial charge in [-0.25, -0.2) is 4.98 Å². The van der Waals surface area contributed by atoms with E-state index >= 15 is 0 Å². The van der Waals surface area contributed by atoms with E-state index in [0.717, 1.165) is 24.5 Å². The minimum atomic E-state index is -0.319. The third-order valence-corrected chi connectivity index (χ3v) is 3.30. The Kier molecular flexibility index (Phi) is 3.83. The lowest BCUT2D eigenvalue weighted by atomic mass is 10.2. The number of benzene rings is 1. The van der Waals surface area contributed by atoms with Crippen molar-refractivity contribution in [2.45, 2.75) is 6.92 Å². The number of carbonyl (C=O) groups is 1. The van der Waals surface area contributed by atoms with Crippen LogP contribution in [0.2, 0.25) is 0 Å². The highest BCUT2D eigenvalue weighted by atomic mass is 16.5. The highest BCUT2D eigenvalue weighted by Gasteiger charge is 2.17. The van der Waals surface area contributed by atoms with Gasteiger partial charge in [0, 0.05) is 13.1 Å². The second-order valence-electron chi connectivity index (χ2n) is 4.82. The molecule has 2 aromatic rings. The molecule has 2 heterocycles. The Labute approximate surface area is 122 Å². The molecular weight excluding hydrogens is 270 g/mol. The van der Waals surface area contributed by atoms with Gasteiger partial charge in [0.15, 0.2) is 0 Å². The normalized spacial score (nSPS) is 15.0. The Morgan fingerprint density at radius 2 is 2.10 bits per heavy atom. The molecular formula is C14H17N5O2. The van der Waals surface area contributed by atoms with Gasteiger partial charge in [0.1, 0.15) is 5.82 Å². The minimum Gasteiger partial charge on any atom is -0.378 e. The third-order valence-electron chi connectivity index (χ3n) is 3.30. The number of para-hydroxylation sites is 2. The van der Waals surface area contributed by atoms with Gasteiger partial charge in [-0.15, -0.1) is 5.10 Å². The molecule has 1 aliphatic rings. The maximum absolute atomic E-state index is 12.2. The highest BCUT2D eigenvalue weighted by molar-refractivity contribution is 6.03. The second kappa shape index (κ2) is 5.92. The maximum Gasteiger partial charge on any atom is 0.295 e. The maximum atomic E-state index is 12.2. The van der Waals surface area contributed by atoms with E-state index in [1.54, 1.807) is 6.92 Å². The summed E-state index contributed by atoms with van der Waals surface area (Å²) in [5.74, 6) is 0.436. The molecule has 0 spiro atoms. The van der Waals surface area contributed by atoms with E-state index in [2.05, 4.69) is 25.4 Å². The minimum absolute atomic E-state index is 0.143. The Morgan fingerprint density at radius 3 is 2.81 bits per heavy atom. The first kappa shape index (κ1) is 13.6. The van der Waals surface area contributed by atoms with Crippen LogP contribution in [0.4, 0.5) is 11.4 Å². The fraction of sp³-hybridized carbons (Fsp3) is 0.357. The van der Waals surface area contributed by atoms with Crippen LogP contribution in [0.1, 0.15) is 16.4 Å². The number of anilines is 2. The number of hydrogen-bond donors (Lipinski definition) is 2. The number of rotatable bonds is 3. The van der Waals surface area contributed by atoms with Gasteiger partial charge < -0.3 is 15.0 Å². The molecule has 1 fully saturated rings. The molecule has 0 atom stereocenters. The predicted octanol–water partition coefficient (Wildman–Crippen LogP) is 1.20. The lowest BCUT2D eigenvalue weighted by molar-refractivity contribution is 0.101. The molecule has 110 valence electrons. The molecule has 1 saturated heterocycles. The van der Waals surface area contributed by atoms with Crippen molar-refractivity contribution >= 4 is 17.3 Å². The van der Waals surface area contributed by atoms with Crippen molar-refractivity contribution in [1.82, 2.24) is 15.2 Å². The third kappa shape index (κ3) is 3.03. The molecule has 1 aromatic heterocycles. The van der Waals surface area contributed by atoms with Gasteiger partial charge in [-0.3, -0.25) is 9.89 Å². The van der Waals surface area contributed by atoms with Gasteiger partial charge in [-0.05, 0) is 19.1 Å². The quantitative estimate of drug-likeness (QED) is 0.886. The summed E-state index contributed by atoms with van der Waals surface area (Å²) < 4.78 is 5.36. The first-order valence-electron chi connectivity index (χ1n) is 6.86. The number of aryl methyl sites for hydroxylation is 1.